The smallest absolute Gasteiger partial charge is 0.243 e. The molecule has 3 rings (SSSR count). The number of nitrogens with one attached hydrogen (secondary N) is 1. The van der Waals surface area contributed by atoms with Gasteiger partial charge in [-0.1, -0.05) is 35.3 Å². The number of para-hydroxylation sites is 2. The van der Waals surface area contributed by atoms with Crippen molar-refractivity contribution in [3.8, 4) is 17.2 Å². The van der Waals surface area contributed by atoms with Gasteiger partial charge < -0.3 is 9.15 Å². The number of carbonyl (C=O) groups is 1. The van der Waals surface area contributed by atoms with E-state index in [1.807, 2.05) is 24.3 Å². The summed E-state index contributed by atoms with van der Waals surface area (Å²) in [6.07, 6.45) is 1.41. The van der Waals surface area contributed by atoms with E-state index in [4.69, 9.17) is 37.6 Å². The van der Waals surface area contributed by atoms with Crippen LogP contribution in [0.25, 0.3) is 22.6 Å². The van der Waals surface area contributed by atoms with Crippen LogP contribution in [0.3, 0.4) is 0 Å². The third-order valence-corrected chi connectivity index (χ3v) is 4.27. The average molecular weight is 395 g/mol. The van der Waals surface area contributed by atoms with Crippen LogP contribution in [0.2, 0.25) is 10.0 Å². The number of hydroxylamine groups is 1. The van der Waals surface area contributed by atoms with Crippen LogP contribution in [-0.2, 0) is 4.79 Å². The van der Waals surface area contributed by atoms with Gasteiger partial charge >= 0.3 is 0 Å². The first-order chi connectivity index (χ1) is 12.6. The van der Waals surface area contributed by atoms with Gasteiger partial charge in [-0.3, -0.25) is 10.0 Å². The topological polar surface area (TPSA) is 84.6 Å². The summed E-state index contributed by atoms with van der Waals surface area (Å²) in [5, 5.41) is 9.13. The van der Waals surface area contributed by atoms with E-state index < -0.39 is 5.91 Å². The van der Waals surface area contributed by atoms with Crippen LogP contribution >= 0.6 is 23.2 Å². The molecular formula is C18H16Cl2N2O4. The monoisotopic (exact) mass is 394 g/mol. The number of aromatic nitrogens is 1. The molecule has 1 heterocycles. The lowest BCUT2D eigenvalue weighted by molar-refractivity contribution is -0.129. The third-order valence-electron chi connectivity index (χ3n) is 3.71. The molecule has 0 saturated carbocycles. The fraction of sp³-hybridized carbons (Fsp3) is 0.222. The van der Waals surface area contributed by atoms with Gasteiger partial charge in [0.2, 0.25) is 11.8 Å². The van der Waals surface area contributed by atoms with Crippen LogP contribution in [-0.4, -0.2) is 22.7 Å². The van der Waals surface area contributed by atoms with Crippen LogP contribution in [0.5, 0.6) is 5.75 Å². The minimum Gasteiger partial charge on any atom is -0.490 e. The number of ether oxygens (including phenoxy) is 1. The Balaban J connectivity index is 1.69. The number of hydrogen-bond acceptors (Lipinski definition) is 5. The zero-order valence-corrected chi connectivity index (χ0v) is 15.2. The van der Waals surface area contributed by atoms with Gasteiger partial charge in [0.1, 0.15) is 5.52 Å². The van der Waals surface area contributed by atoms with Crippen molar-refractivity contribution in [2.75, 3.05) is 6.61 Å². The van der Waals surface area contributed by atoms with Crippen LogP contribution in [0.15, 0.2) is 40.8 Å². The summed E-state index contributed by atoms with van der Waals surface area (Å²) in [5.41, 5.74) is 3.68. The summed E-state index contributed by atoms with van der Waals surface area (Å²) >= 11 is 12.6. The lowest BCUT2D eigenvalue weighted by atomic mass is 10.2. The molecule has 0 bridgehead atoms. The second kappa shape index (κ2) is 8.40. The first kappa shape index (κ1) is 18.5. The van der Waals surface area contributed by atoms with Crippen LogP contribution in [0, 0.1) is 0 Å². The zero-order valence-electron chi connectivity index (χ0n) is 13.7. The molecule has 136 valence electrons. The van der Waals surface area contributed by atoms with Gasteiger partial charge in [0, 0.05) is 12.0 Å². The Hall–Kier alpha value is -2.28. The molecule has 1 amide bonds. The lowest BCUT2D eigenvalue weighted by Crippen LogP contribution is -2.18. The van der Waals surface area contributed by atoms with E-state index in [1.165, 1.54) is 0 Å². The summed E-state index contributed by atoms with van der Waals surface area (Å²) in [6, 6.07) is 10.8. The molecule has 0 unspecified atom stereocenters. The van der Waals surface area contributed by atoms with Gasteiger partial charge in [0.25, 0.3) is 0 Å². The maximum absolute atomic E-state index is 10.9. The van der Waals surface area contributed by atoms with Crippen molar-refractivity contribution in [3.05, 3.63) is 46.4 Å². The summed E-state index contributed by atoms with van der Waals surface area (Å²) in [6.45, 7) is 0.348. The number of unbranched alkanes of at least 4 members (excludes halogenated alkanes) is 1. The number of oxazole rings is 1. The Labute approximate surface area is 159 Å². The average Bonchev–Trinajstić information content (AvgIpc) is 3.07. The van der Waals surface area contributed by atoms with Crippen LogP contribution in [0.4, 0.5) is 0 Å². The number of fused-ring (bicyclic) bond motifs is 1. The summed E-state index contributed by atoms with van der Waals surface area (Å²) < 4.78 is 11.3. The summed E-state index contributed by atoms with van der Waals surface area (Å²) in [7, 11) is 0. The van der Waals surface area contributed by atoms with Gasteiger partial charge in [0.05, 0.1) is 16.7 Å². The van der Waals surface area contributed by atoms with E-state index >= 15 is 0 Å². The Kier molecular flexibility index (Phi) is 5.98. The van der Waals surface area contributed by atoms with Crippen LogP contribution in [0.1, 0.15) is 19.3 Å². The van der Waals surface area contributed by atoms with E-state index in [0.29, 0.717) is 52.3 Å². The number of nitrogens with zero attached hydrogens (tertiary/aromatic N) is 1. The molecule has 0 radical (unpaired) electrons. The Morgan fingerprint density at radius 2 is 1.92 bits per heavy atom. The van der Waals surface area contributed by atoms with Gasteiger partial charge in [-0.15, -0.1) is 0 Å². The highest BCUT2D eigenvalue weighted by atomic mass is 35.5. The molecule has 0 aliphatic carbocycles. The number of carbonyl (C=O) groups excluding carboxylic acids is 1. The van der Waals surface area contributed by atoms with E-state index in [-0.39, 0.29) is 6.42 Å². The molecule has 1 aromatic heterocycles. The van der Waals surface area contributed by atoms with E-state index in [2.05, 4.69) is 4.98 Å². The fourth-order valence-corrected chi connectivity index (χ4v) is 3.03. The number of benzene rings is 2. The predicted octanol–water partition coefficient (Wildman–Crippen LogP) is 4.86. The molecule has 0 saturated heterocycles. The highest BCUT2D eigenvalue weighted by Crippen LogP contribution is 2.38. The maximum atomic E-state index is 10.9. The number of rotatable bonds is 7. The van der Waals surface area contributed by atoms with E-state index in [1.54, 1.807) is 17.6 Å². The third kappa shape index (κ3) is 4.27. The first-order valence-corrected chi connectivity index (χ1v) is 8.75. The molecule has 0 fully saturated rings. The van der Waals surface area contributed by atoms with Crippen molar-refractivity contribution in [1.29, 1.82) is 0 Å². The molecule has 2 N–H and O–H groups in total. The molecule has 0 aliphatic rings. The molecule has 26 heavy (non-hydrogen) atoms. The Morgan fingerprint density at radius 1 is 1.19 bits per heavy atom. The normalized spacial score (nSPS) is 10.9. The number of amides is 1. The number of halogens is 2. The molecule has 8 heteroatoms. The second-order valence-electron chi connectivity index (χ2n) is 5.60. The van der Waals surface area contributed by atoms with Crippen molar-refractivity contribution < 1.29 is 19.2 Å². The Bertz CT molecular complexity index is 870. The minimum absolute atomic E-state index is 0.220. The van der Waals surface area contributed by atoms with Crippen molar-refractivity contribution in [1.82, 2.24) is 10.5 Å². The van der Waals surface area contributed by atoms with Gasteiger partial charge in [0.15, 0.2) is 11.3 Å². The fourth-order valence-electron chi connectivity index (χ4n) is 2.43. The molecule has 0 spiro atoms. The molecule has 3 aromatic rings. The first-order valence-electron chi connectivity index (χ1n) is 7.99. The van der Waals surface area contributed by atoms with Gasteiger partial charge in [-0.2, -0.15) is 0 Å². The van der Waals surface area contributed by atoms with Gasteiger partial charge in [-0.25, -0.2) is 10.5 Å². The lowest BCUT2D eigenvalue weighted by Gasteiger charge is -2.11. The van der Waals surface area contributed by atoms with Gasteiger partial charge in [-0.05, 0) is 37.1 Å². The summed E-state index contributed by atoms with van der Waals surface area (Å²) in [5.74, 6) is 0.375. The SMILES string of the molecule is O=C(CCCCOc1c(Cl)cc(-c2nc3ccccc3o2)cc1Cl)NO. The van der Waals surface area contributed by atoms with E-state index in [0.717, 1.165) is 5.52 Å². The maximum Gasteiger partial charge on any atom is 0.243 e. The molecule has 0 aliphatic heterocycles. The van der Waals surface area contributed by atoms with Crippen molar-refractivity contribution in [2.45, 2.75) is 19.3 Å². The second-order valence-corrected chi connectivity index (χ2v) is 6.41. The highest BCUT2D eigenvalue weighted by Gasteiger charge is 2.14. The Morgan fingerprint density at radius 3 is 2.62 bits per heavy atom. The minimum atomic E-state index is -0.427. The van der Waals surface area contributed by atoms with Crippen molar-refractivity contribution >= 4 is 40.2 Å². The molecule has 6 nitrogen and oxygen atoms in total. The highest BCUT2D eigenvalue weighted by molar-refractivity contribution is 6.37. The molecule has 0 atom stereocenters. The molecular weight excluding hydrogens is 379 g/mol. The van der Waals surface area contributed by atoms with Crippen LogP contribution < -0.4 is 10.2 Å². The summed E-state index contributed by atoms with van der Waals surface area (Å²) in [4.78, 5) is 15.4. The zero-order chi connectivity index (χ0) is 18.5. The predicted molar refractivity (Wildman–Crippen MR) is 98.7 cm³/mol. The standard InChI is InChI=1S/C18H16Cl2N2O4/c19-12-9-11(18-21-14-5-1-2-6-15(14)26-18)10-13(20)17(12)25-8-4-3-7-16(23)22-24/h1-2,5-6,9-10,24H,3-4,7-8H2,(H,22,23). The van der Waals surface area contributed by atoms with Crippen molar-refractivity contribution in [3.63, 3.8) is 0 Å². The molecule has 2 aromatic carbocycles. The van der Waals surface area contributed by atoms with Crippen molar-refractivity contribution in [2.24, 2.45) is 0 Å². The number of hydrogen-bond donors (Lipinski definition) is 2. The van der Waals surface area contributed by atoms with E-state index in [9.17, 15) is 4.79 Å². The largest absolute Gasteiger partial charge is 0.490 e. The quantitative estimate of drug-likeness (QED) is 0.339.